The van der Waals surface area contributed by atoms with Gasteiger partial charge in [0.2, 0.25) is 0 Å². The molecule has 0 N–H and O–H groups in total. The maximum absolute atomic E-state index is 13.0. The summed E-state index contributed by atoms with van der Waals surface area (Å²) < 4.78 is 11.9. The van der Waals surface area contributed by atoms with Crippen molar-refractivity contribution in [3.05, 3.63) is 78.6 Å². The lowest BCUT2D eigenvalue weighted by Gasteiger charge is -2.20. The van der Waals surface area contributed by atoms with Crippen molar-refractivity contribution >= 4 is 32.6 Å². The van der Waals surface area contributed by atoms with E-state index >= 15 is 0 Å². The molecule has 0 aliphatic carbocycles. The van der Waals surface area contributed by atoms with Crippen LogP contribution >= 0.6 is 11.3 Å². The van der Waals surface area contributed by atoms with Crippen molar-refractivity contribution in [2.75, 3.05) is 18.6 Å². The molecule has 7 heteroatoms. The van der Waals surface area contributed by atoms with Gasteiger partial charge < -0.3 is 9.47 Å². The summed E-state index contributed by atoms with van der Waals surface area (Å²) in [5.74, 6) is 1.20. The minimum absolute atomic E-state index is 0.0798. The van der Waals surface area contributed by atoms with Crippen LogP contribution in [-0.2, 0) is 11.3 Å². The number of nitrogens with zero attached hydrogens (tertiary/aromatic N) is 3. The molecule has 2 aromatic carbocycles. The summed E-state index contributed by atoms with van der Waals surface area (Å²) in [6.07, 6.45) is 3.45. The van der Waals surface area contributed by atoms with Gasteiger partial charge in [0.05, 0.1) is 23.9 Å². The zero-order valence-corrected chi connectivity index (χ0v) is 16.6. The molecule has 29 heavy (non-hydrogen) atoms. The van der Waals surface area contributed by atoms with E-state index in [1.807, 2.05) is 60.7 Å². The van der Waals surface area contributed by atoms with Crippen molar-refractivity contribution in [2.24, 2.45) is 0 Å². The fourth-order valence-corrected chi connectivity index (χ4v) is 3.78. The van der Waals surface area contributed by atoms with Gasteiger partial charge >= 0.3 is 0 Å². The third-order valence-corrected chi connectivity index (χ3v) is 5.34. The molecule has 0 aliphatic heterocycles. The molecule has 4 rings (SSSR count). The first-order valence-electron chi connectivity index (χ1n) is 9.04. The van der Waals surface area contributed by atoms with Crippen LogP contribution in [0.1, 0.15) is 5.56 Å². The molecule has 4 aromatic rings. The number of carbonyl (C=O) groups is 1. The Balaban J connectivity index is 1.61. The van der Waals surface area contributed by atoms with Crippen LogP contribution < -0.4 is 14.4 Å². The van der Waals surface area contributed by atoms with Crippen molar-refractivity contribution in [3.8, 4) is 11.5 Å². The van der Waals surface area contributed by atoms with E-state index in [0.29, 0.717) is 17.4 Å². The third-order valence-electron chi connectivity index (χ3n) is 4.28. The molecule has 2 aromatic heterocycles. The van der Waals surface area contributed by atoms with Crippen LogP contribution in [0.2, 0.25) is 0 Å². The highest BCUT2D eigenvalue weighted by atomic mass is 32.1. The van der Waals surface area contributed by atoms with Crippen molar-refractivity contribution in [2.45, 2.75) is 6.54 Å². The molecule has 0 bridgehead atoms. The highest BCUT2D eigenvalue weighted by Gasteiger charge is 2.21. The number of aromatic nitrogens is 2. The summed E-state index contributed by atoms with van der Waals surface area (Å²) in [6, 6.07) is 18.8. The fourth-order valence-electron chi connectivity index (χ4n) is 2.81. The normalized spacial score (nSPS) is 10.7. The number of amides is 1. The molecule has 2 heterocycles. The molecule has 146 valence electrons. The summed E-state index contributed by atoms with van der Waals surface area (Å²) in [6.45, 7) is 0.283. The van der Waals surface area contributed by atoms with Gasteiger partial charge in [-0.3, -0.25) is 14.7 Å². The van der Waals surface area contributed by atoms with E-state index in [4.69, 9.17) is 9.47 Å². The van der Waals surface area contributed by atoms with Crippen LogP contribution in [0.5, 0.6) is 11.5 Å². The predicted molar refractivity (Wildman–Crippen MR) is 114 cm³/mol. The molecule has 0 atom stereocenters. The van der Waals surface area contributed by atoms with Gasteiger partial charge in [-0.15, -0.1) is 0 Å². The number of benzene rings is 2. The number of anilines is 1. The van der Waals surface area contributed by atoms with Crippen molar-refractivity contribution in [1.82, 2.24) is 9.97 Å². The molecule has 0 radical (unpaired) electrons. The minimum Gasteiger partial charge on any atom is -0.497 e. The first-order valence-corrected chi connectivity index (χ1v) is 9.86. The monoisotopic (exact) mass is 405 g/mol. The van der Waals surface area contributed by atoms with Gasteiger partial charge in [-0.05, 0) is 35.9 Å². The topological polar surface area (TPSA) is 64.5 Å². The van der Waals surface area contributed by atoms with E-state index < -0.39 is 0 Å². The summed E-state index contributed by atoms with van der Waals surface area (Å²) in [5.41, 5.74) is 1.70. The van der Waals surface area contributed by atoms with Gasteiger partial charge in [-0.25, -0.2) is 4.98 Å². The first-order chi connectivity index (χ1) is 14.2. The Hall–Kier alpha value is -3.45. The van der Waals surface area contributed by atoms with Crippen LogP contribution in [0.4, 0.5) is 5.13 Å². The Morgan fingerprint density at radius 1 is 1.07 bits per heavy atom. The van der Waals surface area contributed by atoms with Gasteiger partial charge in [0.15, 0.2) is 11.7 Å². The summed E-state index contributed by atoms with van der Waals surface area (Å²) in [4.78, 5) is 23.5. The number of para-hydroxylation sites is 1. The van der Waals surface area contributed by atoms with Crippen molar-refractivity contribution in [3.63, 3.8) is 0 Å². The van der Waals surface area contributed by atoms with Gasteiger partial charge in [-0.2, -0.15) is 0 Å². The lowest BCUT2D eigenvalue weighted by Crippen LogP contribution is -2.34. The highest BCUT2D eigenvalue weighted by molar-refractivity contribution is 7.22. The van der Waals surface area contributed by atoms with Gasteiger partial charge in [0, 0.05) is 18.5 Å². The van der Waals surface area contributed by atoms with Crippen molar-refractivity contribution < 1.29 is 14.3 Å². The van der Waals surface area contributed by atoms with Crippen LogP contribution in [0.25, 0.3) is 10.2 Å². The number of rotatable bonds is 7. The van der Waals surface area contributed by atoms with Crippen LogP contribution in [0, 0.1) is 0 Å². The standard InChI is InChI=1S/C22H19N3O3S/c1-27-18-9-10-20-19(12-18)24-22(29-20)25(14-16-6-5-11-23-13-16)21(26)15-28-17-7-3-2-4-8-17/h2-13H,14-15H2,1H3. The first kappa shape index (κ1) is 18.9. The molecule has 0 spiro atoms. The van der Waals surface area contributed by atoms with E-state index in [9.17, 15) is 4.79 Å². The highest BCUT2D eigenvalue weighted by Crippen LogP contribution is 2.32. The lowest BCUT2D eigenvalue weighted by atomic mass is 10.2. The molecule has 0 saturated carbocycles. The number of ether oxygens (including phenoxy) is 2. The molecule has 6 nitrogen and oxygen atoms in total. The number of thiazole rings is 1. The number of methoxy groups -OCH3 is 1. The molecule has 0 aliphatic rings. The molecule has 1 amide bonds. The largest absolute Gasteiger partial charge is 0.497 e. The van der Waals surface area contributed by atoms with Crippen LogP contribution in [0.3, 0.4) is 0 Å². The second kappa shape index (κ2) is 8.70. The van der Waals surface area contributed by atoms with Gasteiger partial charge in [-0.1, -0.05) is 35.6 Å². The smallest absolute Gasteiger partial charge is 0.267 e. The Morgan fingerprint density at radius 3 is 2.69 bits per heavy atom. The number of hydrogen-bond donors (Lipinski definition) is 0. The van der Waals surface area contributed by atoms with Gasteiger partial charge in [0.1, 0.15) is 11.5 Å². The Morgan fingerprint density at radius 2 is 1.93 bits per heavy atom. The third kappa shape index (κ3) is 4.52. The Bertz CT molecular complexity index is 1100. The van der Waals surface area contributed by atoms with Crippen LogP contribution in [-0.4, -0.2) is 29.6 Å². The molecular weight excluding hydrogens is 386 g/mol. The van der Waals surface area contributed by atoms with Crippen molar-refractivity contribution in [1.29, 1.82) is 0 Å². The number of fused-ring (bicyclic) bond motifs is 1. The Labute approximate surface area is 172 Å². The molecule has 0 saturated heterocycles. The summed E-state index contributed by atoms with van der Waals surface area (Å²) >= 11 is 1.46. The number of carbonyl (C=O) groups excluding carboxylic acids is 1. The SMILES string of the molecule is COc1ccc2sc(N(Cc3cccnc3)C(=O)COc3ccccc3)nc2c1. The quantitative estimate of drug-likeness (QED) is 0.458. The number of pyridine rings is 1. The van der Waals surface area contributed by atoms with E-state index in [1.54, 1.807) is 24.4 Å². The average Bonchev–Trinajstić information content (AvgIpc) is 3.20. The van der Waals surface area contributed by atoms with E-state index in [1.165, 1.54) is 11.3 Å². The predicted octanol–water partition coefficient (Wildman–Crippen LogP) is 4.31. The zero-order chi connectivity index (χ0) is 20.1. The van der Waals surface area contributed by atoms with Crippen LogP contribution in [0.15, 0.2) is 73.1 Å². The number of hydrogen-bond acceptors (Lipinski definition) is 6. The van der Waals surface area contributed by atoms with Gasteiger partial charge in [0.25, 0.3) is 5.91 Å². The molecule has 0 unspecified atom stereocenters. The average molecular weight is 405 g/mol. The second-order valence-electron chi connectivity index (χ2n) is 6.27. The maximum Gasteiger partial charge on any atom is 0.267 e. The lowest BCUT2D eigenvalue weighted by molar-refractivity contribution is -0.120. The minimum atomic E-state index is -0.177. The zero-order valence-electron chi connectivity index (χ0n) is 15.8. The maximum atomic E-state index is 13.0. The van der Waals surface area contributed by atoms with E-state index in [-0.39, 0.29) is 12.5 Å². The Kier molecular flexibility index (Phi) is 5.67. The summed E-state index contributed by atoms with van der Waals surface area (Å²) in [5, 5.41) is 0.610. The van der Waals surface area contributed by atoms with E-state index in [0.717, 1.165) is 21.5 Å². The molecular formula is C22H19N3O3S. The van der Waals surface area contributed by atoms with E-state index in [2.05, 4.69) is 9.97 Å². The fraction of sp³-hybridized carbons (Fsp3) is 0.136. The molecule has 0 fully saturated rings. The second-order valence-corrected chi connectivity index (χ2v) is 7.28. The summed E-state index contributed by atoms with van der Waals surface area (Å²) in [7, 11) is 1.62.